The summed E-state index contributed by atoms with van der Waals surface area (Å²) in [5, 5.41) is 0. The largest absolute Gasteiger partial charge is 0.299 e. The van der Waals surface area contributed by atoms with E-state index in [0.717, 1.165) is 25.7 Å². The maximum Gasteiger partial charge on any atom is 0.299 e. The molecule has 1 amide bonds. The molecule has 2 aliphatic rings. The maximum atomic E-state index is 12.2. The van der Waals surface area contributed by atoms with Gasteiger partial charge in [0.25, 0.3) is 11.7 Å². The standard InChI is InChI=1S/C15H14BrNO3/c16-10-6-3-7-11-13(10)14(19)15(20)17(11)8-12(18)9-4-1-2-5-9/h3,6-7,9H,1-2,4-5,8H2. The lowest BCUT2D eigenvalue weighted by Crippen LogP contribution is -2.36. The van der Waals surface area contributed by atoms with Gasteiger partial charge in [0.2, 0.25) is 0 Å². The smallest absolute Gasteiger partial charge is 0.297 e. The van der Waals surface area contributed by atoms with E-state index in [4.69, 9.17) is 0 Å². The van der Waals surface area contributed by atoms with E-state index in [1.807, 2.05) is 0 Å². The van der Waals surface area contributed by atoms with E-state index in [0.29, 0.717) is 15.7 Å². The van der Waals surface area contributed by atoms with Crippen molar-refractivity contribution in [2.24, 2.45) is 5.92 Å². The summed E-state index contributed by atoms with van der Waals surface area (Å²) in [4.78, 5) is 37.6. The summed E-state index contributed by atoms with van der Waals surface area (Å²) in [6.07, 6.45) is 3.96. The van der Waals surface area contributed by atoms with Gasteiger partial charge in [0.15, 0.2) is 5.78 Å². The highest BCUT2D eigenvalue weighted by Gasteiger charge is 2.39. The summed E-state index contributed by atoms with van der Waals surface area (Å²) in [5.41, 5.74) is 0.914. The molecule has 0 bridgehead atoms. The number of carbonyl (C=O) groups excluding carboxylic acids is 3. The quantitative estimate of drug-likeness (QED) is 0.798. The number of carbonyl (C=O) groups is 3. The zero-order valence-corrected chi connectivity index (χ0v) is 12.5. The van der Waals surface area contributed by atoms with Crippen LogP contribution in [0.3, 0.4) is 0 Å². The van der Waals surface area contributed by atoms with Gasteiger partial charge in [0, 0.05) is 10.4 Å². The lowest BCUT2D eigenvalue weighted by Gasteiger charge is -2.18. The van der Waals surface area contributed by atoms with Crippen LogP contribution in [0.2, 0.25) is 0 Å². The molecule has 0 aromatic heterocycles. The number of fused-ring (bicyclic) bond motifs is 1. The zero-order chi connectivity index (χ0) is 14.3. The Labute approximate surface area is 125 Å². The highest BCUT2D eigenvalue weighted by atomic mass is 79.9. The van der Waals surface area contributed by atoms with Crippen LogP contribution in [-0.4, -0.2) is 24.0 Å². The Morgan fingerprint density at radius 2 is 1.95 bits per heavy atom. The third-order valence-electron chi connectivity index (χ3n) is 4.07. The van der Waals surface area contributed by atoms with Gasteiger partial charge in [-0.2, -0.15) is 0 Å². The van der Waals surface area contributed by atoms with Crippen molar-refractivity contribution in [3.8, 4) is 0 Å². The van der Waals surface area contributed by atoms with Gasteiger partial charge in [-0.3, -0.25) is 19.3 Å². The summed E-state index contributed by atoms with van der Waals surface area (Å²) in [5.74, 6) is -1.02. The average Bonchev–Trinajstić information content (AvgIpc) is 3.03. The van der Waals surface area contributed by atoms with Crippen molar-refractivity contribution in [1.82, 2.24) is 0 Å². The molecule has 0 N–H and O–H groups in total. The summed E-state index contributed by atoms with van der Waals surface area (Å²) in [7, 11) is 0. The number of halogens is 1. The molecule has 1 aliphatic heterocycles. The molecule has 1 fully saturated rings. The number of benzene rings is 1. The molecule has 1 aromatic carbocycles. The van der Waals surface area contributed by atoms with Crippen molar-refractivity contribution in [3.63, 3.8) is 0 Å². The van der Waals surface area contributed by atoms with Gasteiger partial charge >= 0.3 is 0 Å². The molecule has 4 nitrogen and oxygen atoms in total. The topological polar surface area (TPSA) is 54.5 Å². The second-order valence-electron chi connectivity index (χ2n) is 5.30. The third kappa shape index (κ3) is 2.10. The normalized spacial score (nSPS) is 18.8. The van der Waals surface area contributed by atoms with Crippen molar-refractivity contribution in [1.29, 1.82) is 0 Å². The molecule has 0 atom stereocenters. The summed E-state index contributed by atoms with van der Waals surface area (Å²) >= 11 is 3.29. The van der Waals surface area contributed by atoms with Crippen LogP contribution >= 0.6 is 15.9 Å². The predicted octanol–water partition coefficient (Wildman–Crippen LogP) is 2.74. The van der Waals surface area contributed by atoms with Crippen LogP contribution in [0.15, 0.2) is 22.7 Å². The van der Waals surface area contributed by atoms with Gasteiger partial charge in [0.1, 0.15) is 0 Å². The van der Waals surface area contributed by atoms with Crippen LogP contribution in [0.4, 0.5) is 5.69 Å². The van der Waals surface area contributed by atoms with Crippen LogP contribution in [0.25, 0.3) is 0 Å². The molecule has 5 heteroatoms. The molecule has 1 saturated carbocycles. The zero-order valence-electron chi connectivity index (χ0n) is 10.9. The number of hydrogen-bond donors (Lipinski definition) is 0. The number of ketones is 2. The Morgan fingerprint density at radius 3 is 2.65 bits per heavy atom. The monoisotopic (exact) mass is 335 g/mol. The third-order valence-corrected chi connectivity index (χ3v) is 4.73. The Morgan fingerprint density at radius 1 is 1.25 bits per heavy atom. The highest BCUT2D eigenvalue weighted by Crippen LogP contribution is 2.35. The first kappa shape index (κ1) is 13.5. The van der Waals surface area contributed by atoms with E-state index in [1.54, 1.807) is 18.2 Å². The highest BCUT2D eigenvalue weighted by molar-refractivity contribution is 9.10. The molecule has 20 heavy (non-hydrogen) atoms. The maximum absolute atomic E-state index is 12.2. The van der Waals surface area contributed by atoms with Gasteiger partial charge in [0.05, 0.1) is 17.8 Å². The minimum Gasteiger partial charge on any atom is -0.297 e. The lowest BCUT2D eigenvalue weighted by molar-refractivity contribution is -0.123. The van der Waals surface area contributed by atoms with Crippen molar-refractivity contribution in [2.75, 3.05) is 11.4 Å². The van der Waals surface area contributed by atoms with Crippen molar-refractivity contribution in [2.45, 2.75) is 25.7 Å². The fourth-order valence-corrected chi connectivity index (χ4v) is 3.53. The van der Waals surface area contributed by atoms with Gasteiger partial charge in [-0.1, -0.05) is 18.9 Å². The van der Waals surface area contributed by atoms with E-state index < -0.39 is 11.7 Å². The SMILES string of the molecule is O=C1C(=O)N(CC(=O)C2CCCC2)c2cccc(Br)c21. The predicted molar refractivity (Wildman–Crippen MR) is 77.8 cm³/mol. The number of nitrogens with zero attached hydrogens (tertiary/aromatic N) is 1. The summed E-state index contributed by atoms with van der Waals surface area (Å²) in [6.45, 7) is 0.0126. The lowest BCUT2D eigenvalue weighted by atomic mass is 10.0. The Hall–Kier alpha value is -1.49. The number of anilines is 1. The van der Waals surface area contributed by atoms with E-state index in [1.165, 1.54) is 4.90 Å². The van der Waals surface area contributed by atoms with Gasteiger partial charge < -0.3 is 0 Å². The molecule has 104 valence electrons. The molecule has 0 saturated heterocycles. The van der Waals surface area contributed by atoms with Crippen LogP contribution < -0.4 is 4.90 Å². The second kappa shape index (κ2) is 5.13. The molecule has 1 aliphatic carbocycles. The van der Waals surface area contributed by atoms with Crippen LogP contribution in [0.1, 0.15) is 36.0 Å². The van der Waals surface area contributed by atoms with Crippen molar-refractivity contribution < 1.29 is 14.4 Å². The molecule has 1 aromatic rings. The first-order chi connectivity index (χ1) is 9.59. The molecule has 0 unspecified atom stereocenters. The molecular weight excluding hydrogens is 322 g/mol. The van der Waals surface area contributed by atoms with E-state index in [2.05, 4.69) is 15.9 Å². The number of hydrogen-bond acceptors (Lipinski definition) is 3. The Bertz CT molecular complexity index is 605. The average molecular weight is 336 g/mol. The van der Waals surface area contributed by atoms with Gasteiger partial charge in [-0.25, -0.2) is 0 Å². The Kier molecular flexibility index (Phi) is 3.46. The number of rotatable bonds is 3. The second-order valence-corrected chi connectivity index (χ2v) is 6.16. The Balaban J connectivity index is 1.88. The van der Waals surface area contributed by atoms with Crippen molar-refractivity contribution in [3.05, 3.63) is 28.2 Å². The van der Waals surface area contributed by atoms with E-state index in [-0.39, 0.29) is 18.2 Å². The molecular formula is C15H14BrNO3. The summed E-state index contributed by atoms with van der Waals surface area (Å²) in [6, 6.07) is 5.21. The molecule has 1 heterocycles. The fraction of sp³-hybridized carbons (Fsp3) is 0.400. The van der Waals surface area contributed by atoms with Crippen LogP contribution in [-0.2, 0) is 9.59 Å². The molecule has 0 spiro atoms. The van der Waals surface area contributed by atoms with E-state index >= 15 is 0 Å². The van der Waals surface area contributed by atoms with Crippen LogP contribution in [0.5, 0.6) is 0 Å². The number of amides is 1. The molecule has 0 radical (unpaired) electrons. The van der Waals surface area contributed by atoms with Gasteiger partial charge in [-0.05, 0) is 40.9 Å². The molecule has 3 rings (SSSR count). The first-order valence-electron chi connectivity index (χ1n) is 6.77. The van der Waals surface area contributed by atoms with Crippen molar-refractivity contribution >= 4 is 39.1 Å². The first-order valence-corrected chi connectivity index (χ1v) is 7.56. The minimum absolute atomic E-state index is 0.0126. The summed E-state index contributed by atoms with van der Waals surface area (Å²) < 4.78 is 0.601. The number of Topliss-reactive ketones (excluding diaryl/α,β-unsaturated/α-hetero) is 2. The van der Waals surface area contributed by atoms with Crippen LogP contribution in [0, 0.1) is 5.92 Å². The van der Waals surface area contributed by atoms with E-state index in [9.17, 15) is 14.4 Å². The fourth-order valence-electron chi connectivity index (χ4n) is 2.99. The van der Waals surface area contributed by atoms with Gasteiger partial charge in [-0.15, -0.1) is 0 Å². The minimum atomic E-state index is -0.599.